The molecule has 11 heteroatoms. The fourth-order valence-corrected chi connectivity index (χ4v) is 6.23. The van der Waals surface area contributed by atoms with Crippen LogP contribution in [0.1, 0.15) is 12.0 Å². The van der Waals surface area contributed by atoms with Crippen LogP contribution in [0.3, 0.4) is 0 Å². The number of hydrogen-bond donors (Lipinski definition) is 1. The molecule has 0 saturated carbocycles. The fraction of sp³-hybridized carbons (Fsp3) is 0.308. The molecule has 9 nitrogen and oxygen atoms in total. The molecule has 2 aromatic carbocycles. The molecular formula is C26H28FN5O4S. The molecule has 0 radical (unpaired) electrons. The number of nitrogens with zero attached hydrogens (tertiary/aromatic N) is 4. The lowest BCUT2D eigenvalue weighted by molar-refractivity contribution is 0.278. The number of hydrogen-bond acceptors (Lipinski definition) is 5. The molecule has 0 atom stereocenters. The summed E-state index contributed by atoms with van der Waals surface area (Å²) in [7, 11) is -0.665. The zero-order chi connectivity index (χ0) is 26.3. The first-order valence-electron chi connectivity index (χ1n) is 12.0. The highest BCUT2D eigenvalue weighted by molar-refractivity contribution is 7.89. The van der Waals surface area contributed by atoms with Crippen molar-refractivity contribution in [3.05, 3.63) is 86.8 Å². The number of nitrogens with one attached hydrogen (secondary N) is 1. The van der Waals surface area contributed by atoms with Gasteiger partial charge in [-0.3, -0.25) is 18.8 Å². The number of aromatic nitrogens is 3. The maximum absolute atomic E-state index is 13.4. The molecule has 3 heterocycles. The van der Waals surface area contributed by atoms with E-state index in [9.17, 15) is 22.4 Å². The van der Waals surface area contributed by atoms with E-state index in [-0.39, 0.29) is 10.7 Å². The van der Waals surface area contributed by atoms with Crippen molar-refractivity contribution in [3.63, 3.8) is 0 Å². The zero-order valence-electron chi connectivity index (χ0n) is 20.6. The van der Waals surface area contributed by atoms with Crippen molar-refractivity contribution in [1.29, 1.82) is 0 Å². The van der Waals surface area contributed by atoms with Gasteiger partial charge in [0.1, 0.15) is 11.3 Å². The fourth-order valence-electron chi connectivity index (χ4n) is 4.76. The van der Waals surface area contributed by atoms with Gasteiger partial charge in [0.05, 0.1) is 10.4 Å². The van der Waals surface area contributed by atoms with Gasteiger partial charge in [0.15, 0.2) is 0 Å². The molecule has 37 heavy (non-hydrogen) atoms. The topological polar surface area (TPSA) is 100 Å². The summed E-state index contributed by atoms with van der Waals surface area (Å²) in [5.74, 6) is -0.276. The number of H-pyrrole nitrogens is 1. The van der Waals surface area contributed by atoms with Crippen molar-refractivity contribution in [2.75, 3.05) is 26.2 Å². The quantitative estimate of drug-likeness (QED) is 0.431. The third kappa shape index (κ3) is 4.77. The first-order chi connectivity index (χ1) is 17.6. The van der Waals surface area contributed by atoms with Crippen LogP contribution in [0.5, 0.6) is 0 Å². The molecule has 0 unspecified atom stereocenters. The Bertz CT molecular complexity index is 1670. The van der Waals surface area contributed by atoms with Gasteiger partial charge in [0.25, 0.3) is 5.56 Å². The molecule has 1 aliphatic heterocycles. The molecule has 1 fully saturated rings. The van der Waals surface area contributed by atoms with E-state index < -0.39 is 21.3 Å². The molecule has 194 valence electrons. The van der Waals surface area contributed by atoms with Gasteiger partial charge in [-0.15, -0.1) is 0 Å². The minimum absolute atomic E-state index is 0.197. The van der Waals surface area contributed by atoms with Crippen LogP contribution >= 0.6 is 0 Å². The standard InChI is InChI=1S/C26H28FN5O4S/c1-29-23-16-22(28-24(23)25(33)30(2)26(29)34)19-6-10-21(11-7-19)37(35,36)32-13-3-12-31(14-15-32)17-18-4-8-20(27)9-5-18/h4-11,16,28H,3,12-15,17H2,1-2H3. The van der Waals surface area contributed by atoms with Gasteiger partial charge in [0, 0.05) is 46.0 Å². The number of benzene rings is 2. The third-order valence-electron chi connectivity index (χ3n) is 6.92. The minimum Gasteiger partial charge on any atom is -0.349 e. The van der Waals surface area contributed by atoms with E-state index in [2.05, 4.69) is 9.88 Å². The number of aryl methyl sites for hydroxylation is 1. The molecule has 1 N–H and O–H groups in total. The number of aromatic amines is 1. The van der Waals surface area contributed by atoms with Crippen LogP contribution in [-0.4, -0.2) is 57.9 Å². The highest BCUT2D eigenvalue weighted by Gasteiger charge is 2.27. The predicted molar refractivity (Wildman–Crippen MR) is 139 cm³/mol. The molecule has 0 amide bonds. The smallest absolute Gasteiger partial charge is 0.331 e. The summed E-state index contributed by atoms with van der Waals surface area (Å²) in [6.45, 7) is 2.76. The summed E-state index contributed by atoms with van der Waals surface area (Å²) in [6.07, 6.45) is 0.696. The van der Waals surface area contributed by atoms with E-state index >= 15 is 0 Å². The first-order valence-corrected chi connectivity index (χ1v) is 13.5. The van der Waals surface area contributed by atoms with Crippen molar-refractivity contribution >= 4 is 21.1 Å². The Kier molecular flexibility index (Phi) is 6.61. The van der Waals surface area contributed by atoms with Crippen molar-refractivity contribution in [2.24, 2.45) is 14.1 Å². The van der Waals surface area contributed by atoms with E-state index in [0.717, 1.165) is 16.7 Å². The van der Waals surface area contributed by atoms with E-state index in [1.165, 1.54) is 28.1 Å². The predicted octanol–water partition coefficient (Wildman–Crippen LogP) is 2.27. The lowest BCUT2D eigenvalue weighted by atomic mass is 10.1. The van der Waals surface area contributed by atoms with Gasteiger partial charge in [-0.2, -0.15) is 4.31 Å². The Morgan fingerprint density at radius 1 is 0.892 bits per heavy atom. The van der Waals surface area contributed by atoms with Crippen molar-refractivity contribution < 1.29 is 12.8 Å². The maximum Gasteiger partial charge on any atom is 0.331 e. The monoisotopic (exact) mass is 525 g/mol. The normalized spacial score (nSPS) is 15.8. The lowest BCUT2D eigenvalue weighted by Gasteiger charge is -2.22. The number of sulfonamides is 1. The Morgan fingerprint density at radius 2 is 1.59 bits per heavy atom. The van der Waals surface area contributed by atoms with Gasteiger partial charge in [-0.05, 0) is 54.4 Å². The second-order valence-electron chi connectivity index (χ2n) is 9.33. The Balaban J connectivity index is 1.33. The SMILES string of the molecule is Cn1c(=O)c2[nH]c(-c3ccc(S(=O)(=O)N4CCCN(Cc5ccc(F)cc5)CC4)cc3)cc2n(C)c1=O. The van der Waals surface area contributed by atoms with Crippen LogP contribution in [-0.2, 0) is 30.7 Å². The summed E-state index contributed by atoms with van der Waals surface area (Å²) in [5, 5.41) is 0. The molecule has 0 spiro atoms. The second-order valence-corrected chi connectivity index (χ2v) is 11.3. The molecule has 5 rings (SSSR count). The third-order valence-corrected chi connectivity index (χ3v) is 8.83. The van der Waals surface area contributed by atoms with E-state index in [4.69, 9.17) is 0 Å². The molecule has 1 aliphatic rings. The molecule has 1 saturated heterocycles. The second kappa shape index (κ2) is 9.73. The first kappa shape index (κ1) is 25.1. The number of fused-ring (bicyclic) bond motifs is 1. The van der Waals surface area contributed by atoms with Gasteiger partial charge in [-0.25, -0.2) is 17.6 Å². The van der Waals surface area contributed by atoms with Crippen molar-refractivity contribution in [2.45, 2.75) is 17.9 Å². The van der Waals surface area contributed by atoms with Crippen molar-refractivity contribution in [3.8, 4) is 11.3 Å². The van der Waals surface area contributed by atoms with Crippen LogP contribution in [0.25, 0.3) is 22.3 Å². The summed E-state index contributed by atoms with van der Waals surface area (Å²) < 4.78 is 43.9. The van der Waals surface area contributed by atoms with Crippen LogP contribution in [0.15, 0.2) is 69.1 Å². The molecule has 4 aromatic rings. The van der Waals surface area contributed by atoms with E-state index in [1.807, 2.05) is 0 Å². The van der Waals surface area contributed by atoms with Gasteiger partial charge in [-0.1, -0.05) is 24.3 Å². The Morgan fingerprint density at radius 3 is 2.30 bits per heavy atom. The van der Waals surface area contributed by atoms with Crippen LogP contribution < -0.4 is 11.2 Å². The molecule has 2 aromatic heterocycles. The molecular weight excluding hydrogens is 497 g/mol. The number of halogens is 1. The van der Waals surface area contributed by atoms with Gasteiger partial charge in [0.2, 0.25) is 10.0 Å². The lowest BCUT2D eigenvalue weighted by Crippen LogP contribution is -2.36. The zero-order valence-corrected chi connectivity index (χ0v) is 21.5. The van der Waals surface area contributed by atoms with Crippen molar-refractivity contribution in [1.82, 2.24) is 23.3 Å². The summed E-state index contributed by atoms with van der Waals surface area (Å²) in [6, 6.07) is 14.6. The highest BCUT2D eigenvalue weighted by atomic mass is 32.2. The van der Waals surface area contributed by atoms with Gasteiger partial charge >= 0.3 is 5.69 Å². The van der Waals surface area contributed by atoms with E-state index in [1.54, 1.807) is 49.5 Å². The molecule has 0 aliphatic carbocycles. The molecule has 0 bridgehead atoms. The summed E-state index contributed by atoms with van der Waals surface area (Å²) in [5.41, 5.74) is 2.26. The van der Waals surface area contributed by atoms with Crippen LogP contribution in [0.4, 0.5) is 4.39 Å². The average Bonchev–Trinajstić information content (AvgIpc) is 3.21. The van der Waals surface area contributed by atoms with Crippen LogP contribution in [0.2, 0.25) is 0 Å². The van der Waals surface area contributed by atoms with Gasteiger partial charge < -0.3 is 4.98 Å². The Labute approximate surface area is 213 Å². The Hall–Kier alpha value is -3.54. The summed E-state index contributed by atoms with van der Waals surface area (Å²) in [4.78, 5) is 30.2. The minimum atomic E-state index is -3.69. The number of rotatable bonds is 5. The maximum atomic E-state index is 13.4. The average molecular weight is 526 g/mol. The largest absolute Gasteiger partial charge is 0.349 e. The van der Waals surface area contributed by atoms with E-state index in [0.29, 0.717) is 54.9 Å². The summed E-state index contributed by atoms with van der Waals surface area (Å²) >= 11 is 0. The highest BCUT2D eigenvalue weighted by Crippen LogP contribution is 2.25. The van der Waals surface area contributed by atoms with Crippen LogP contribution in [0, 0.1) is 5.82 Å².